The number of halogens is 1. The summed E-state index contributed by atoms with van der Waals surface area (Å²) >= 11 is 0. The molecule has 0 spiro atoms. The van der Waals surface area contributed by atoms with E-state index in [1.165, 1.54) is 6.92 Å². The Hall–Kier alpha value is -2.24. The lowest BCUT2D eigenvalue weighted by molar-refractivity contribution is -0.122. The van der Waals surface area contributed by atoms with Crippen molar-refractivity contribution in [3.8, 4) is 0 Å². The fourth-order valence-corrected chi connectivity index (χ4v) is 3.63. The smallest absolute Gasteiger partial charge is 0.155 e. The van der Waals surface area contributed by atoms with Crippen LogP contribution in [0, 0.1) is 0 Å². The normalized spacial score (nSPS) is 12.2. The maximum Gasteiger partial charge on any atom is 0.155 e. The van der Waals surface area contributed by atoms with Gasteiger partial charge in [0.15, 0.2) is 5.78 Å². The van der Waals surface area contributed by atoms with Crippen molar-refractivity contribution < 1.29 is 37.6 Å². The number of alkyl halides is 1. The Morgan fingerprint density at radius 3 is 1.44 bits per heavy atom. The largest absolute Gasteiger partial charge is 0.377 e. The van der Waals surface area contributed by atoms with E-state index in [9.17, 15) is 9.18 Å². The van der Waals surface area contributed by atoms with Crippen molar-refractivity contribution in [2.45, 2.75) is 26.2 Å². The topological polar surface area (TPSA) is 75.7 Å². The highest BCUT2D eigenvalue weighted by molar-refractivity contribution is 5.76. The summed E-state index contributed by atoms with van der Waals surface area (Å²) in [4.78, 5) is 12.8. The Balaban J connectivity index is 1.43. The molecule has 9 heteroatoms. The molecule has 39 heavy (non-hydrogen) atoms. The van der Waals surface area contributed by atoms with E-state index in [0.717, 1.165) is 11.1 Å². The summed E-state index contributed by atoms with van der Waals surface area (Å²) in [6, 6.07) is 20.2. The van der Waals surface area contributed by atoms with Gasteiger partial charge in [0.1, 0.15) is 12.8 Å². The van der Waals surface area contributed by atoms with Crippen LogP contribution in [0.3, 0.4) is 0 Å². The molecule has 8 nitrogen and oxygen atoms in total. The third kappa shape index (κ3) is 18.6. The number of ketones is 1. The Labute approximate surface area is 232 Å². The average molecular weight is 550 g/mol. The first-order valence-corrected chi connectivity index (χ1v) is 13.5. The van der Waals surface area contributed by atoms with Crippen molar-refractivity contribution in [3.05, 3.63) is 71.8 Å². The highest BCUT2D eigenvalue weighted by Gasteiger charge is 2.15. The van der Waals surface area contributed by atoms with E-state index in [1.54, 1.807) is 0 Å². The number of rotatable bonds is 25. The lowest BCUT2D eigenvalue weighted by Gasteiger charge is -2.24. The zero-order chi connectivity index (χ0) is 27.8. The number of ether oxygens (including phenoxy) is 6. The van der Waals surface area contributed by atoms with Crippen LogP contribution in [-0.4, -0.2) is 103 Å². The van der Waals surface area contributed by atoms with E-state index in [1.807, 2.05) is 36.4 Å². The van der Waals surface area contributed by atoms with E-state index in [0.29, 0.717) is 85.7 Å². The number of hydrogen-bond donors (Lipinski definition) is 0. The Bertz CT molecular complexity index is 802. The van der Waals surface area contributed by atoms with Gasteiger partial charge in [-0.05, 0) is 18.1 Å². The fraction of sp³-hybridized carbons (Fsp3) is 0.567. The second-order valence-corrected chi connectivity index (χ2v) is 9.02. The number of benzene rings is 2. The molecular weight excluding hydrogens is 505 g/mol. The fourth-order valence-electron chi connectivity index (χ4n) is 3.63. The Kier molecular flexibility index (Phi) is 19.1. The predicted molar refractivity (Wildman–Crippen MR) is 147 cm³/mol. The quantitative estimate of drug-likeness (QED) is 0.174. The summed E-state index contributed by atoms with van der Waals surface area (Å²) in [6.45, 7) is 7.59. The van der Waals surface area contributed by atoms with Gasteiger partial charge in [0, 0.05) is 19.6 Å². The Morgan fingerprint density at radius 1 is 0.641 bits per heavy atom. The molecule has 0 N–H and O–H groups in total. The van der Waals surface area contributed by atoms with Crippen molar-refractivity contribution in [3.63, 3.8) is 0 Å². The summed E-state index contributed by atoms with van der Waals surface area (Å²) in [6.07, 6.45) is -1.09. The van der Waals surface area contributed by atoms with Gasteiger partial charge < -0.3 is 28.4 Å². The number of hydrogen-bond acceptors (Lipinski definition) is 8. The molecule has 0 bridgehead atoms. The van der Waals surface area contributed by atoms with E-state index in [2.05, 4.69) is 29.2 Å². The van der Waals surface area contributed by atoms with Gasteiger partial charge in [-0.15, -0.1) is 0 Å². The molecule has 2 rings (SSSR count). The molecule has 2 aromatic rings. The lowest BCUT2D eigenvalue weighted by atomic mass is 10.1. The molecule has 1 unspecified atom stereocenters. The molecule has 0 saturated carbocycles. The van der Waals surface area contributed by atoms with Crippen LogP contribution in [0.15, 0.2) is 60.7 Å². The molecule has 0 aliphatic heterocycles. The van der Waals surface area contributed by atoms with Gasteiger partial charge in [0.2, 0.25) is 0 Å². The van der Waals surface area contributed by atoms with E-state index in [-0.39, 0.29) is 19.0 Å². The molecular formula is C30H44FNO7. The second kappa shape index (κ2) is 22.6. The van der Waals surface area contributed by atoms with Crippen molar-refractivity contribution in [2.24, 2.45) is 0 Å². The molecule has 0 aliphatic carbocycles. The molecule has 0 amide bonds. The third-order valence-electron chi connectivity index (χ3n) is 5.42. The summed E-state index contributed by atoms with van der Waals surface area (Å²) in [5.41, 5.74) is 2.31. The number of nitrogens with zero attached hydrogens (tertiary/aromatic N) is 1. The van der Waals surface area contributed by atoms with E-state index < -0.39 is 6.17 Å². The minimum Gasteiger partial charge on any atom is -0.377 e. The van der Waals surface area contributed by atoms with Crippen LogP contribution in [0.25, 0.3) is 0 Å². The van der Waals surface area contributed by atoms with Gasteiger partial charge in [-0.25, -0.2) is 4.39 Å². The third-order valence-corrected chi connectivity index (χ3v) is 5.42. The maximum atomic E-state index is 14.7. The minimum absolute atomic E-state index is 0.000705. The molecule has 0 aromatic heterocycles. The van der Waals surface area contributed by atoms with Crippen molar-refractivity contribution in [1.82, 2.24) is 4.90 Å². The van der Waals surface area contributed by atoms with Gasteiger partial charge in [0.05, 0.1) is 72.7 Å². The standard InChI is InChI=1S/C30H44FNO7/c1-27(33)25-38-20-18-36-16-14-34-12-13-35-15-17-37-19-21-39-26-30(31)24-32(22-28-8-4-2-5-9-28)23-29-10-6-3-7-11-29/h2-11,30H,12-26H2,1H3. The Morgan fingerprint density at radius 2 is 1.03 bits per heavy atom. The molecule has 0 heterocycles. The summed E-state index contributed by atoms with van der Waals surface area (Å²) in [5.74, 6) is -0.000705. The number of carbonyl (C=O) groups is 1. The van der Waals surface area contributed by atoms with Crippen LogP contribution in [-0.2, 0) is 46.3 Å². The van der Waals surface area contributed by atoms with E-state index >= 15 is 0 Å². The highest BCUT2D eigenvalue weighted by atomic mass is 19.1. The van der Waals surface area contributed by atoms with Crippen molar-refractivity contribution >= 4 is 5.78 Å². The van der Waals surface area contributed by atoms with Crippen LogP contribution < -0.4 is 0 Å². The highest BCUT2D eigenvalue weighted by Crippen LogP contribution is 2.12. The molecule has 218 valence electrons. The summed E-state index contributed by atoms with van der Waals surface area (Å²) in [7, 11) is 0. The van der Waals surface area contributed by atoms with Crippen molar-refractivity contribution in [1.29, 1.82) is 0 Å². The van der Waals surface area contributed by atoms with Gasteiger partial charge in [0.25, 0.3) is 0 Å². The monoisotopic (exact) mass is 549 g/mol. The lowest BCUT2D eigenvalue weighted by Crippen LogP contribution is -2.32. The zero-order valence-electron chi connectivity index (χ0n) is 23.1. The van der Waals surface area contributed by atoms with Crippen LogP contribution in [0.5, 0.6) is 0 Å². The van der Waals surface area contributed by atoms with Gasteiger partial charge >= 0.3 is 0 Å². The molecule has 0 saturated heterocycles. The zero-order valence-corrected chi connectivity index (χ0v) is 23.1. The van der Waals surface area contributed by atoms with Crippen LogP contribution in [0.4, 0.5) is 4.39 Å². The van der Waals surface area contributed by atoms with Crippen molar-refractivity contribution in [2.75, 3.05) is 85.8 Å². The maximum absolute atomic E-state index is 14.7. The second-order valence-electron chi connectivity index (χ2n) is 9.02. The van der Waals surface area contributed by atoms with Crippen LogP contribution in [0.2, 0.25) is 0 Å². The van der Waals surface area contributed by atoms with Crippen LogP contribution in [0.1, 0.15) is 18.1 Å². The first-order chi connectivity index (χ1) is 19.1. The van der Waals surface area contributed by atoms with Gasteiger partial charge in [-0.1, -0.05) is 60.7 Å². The number of carbonyl (C=O) groups excluding carboxylic acids is 1. The first kappa shape index (κ1) is 33.0. The molecule has 0 fully saturated rings. The molecule has 0 radical (unpaired) electrons. The summed E-state index contributed by atoms with van der Waals surface area (Å²) < 4.78 is 47.0. The van der Waals surface area contributed by atoms with Gasteiger partial charge in [-0.3, -0.25) is 9.69 Å². The van der Waals surface area contributed by atoms with Crippen LogP contribution >= 0.6 is 0 Å². The summed E-state index contributed by atoms with van der Waals surface area (Å²) in [5, 5.41) is 0. The molecule has 2 aromatic carbocycles. The minimum atomic E-state index is -1.09. The molecule has 0 aliphatic rings. The predicted octanol–water partition coefficient (Wildman–Crippen LogP) is 3.72. The van der Waals surface area contributed by atoms with Gasteiger partial charge in [-0.2, -0.15) is 0 Å². The molecule has 1 atom stereocenters. The van der Waals surface area contributed by atoms with E-state index in [4.69, 9.17) is 28.4 Å². The number of Topliss-reactive ketones (excluding diaryl/α,β-unsaturated/α-hetero) is 1. The first-order valence-electron chi connectivity index (χ1n) is 13.5. The average Bonchev–Trinajstić information content (AvgIpc) is 2.93. The SMILES string of the molecule is CC(=O)COCCOCCOCCOCCOCCOCC(F)CN(Cc1ccccc1)Cc1ccccc1.